The van der Waals surface area contributed by atoms with Crippen molar-refractivity contribution >= 4 is 21.6 Å². The monoisotopic (exact) mass is 297 g/mol. The lowest BCUT2D eigenvalue weighted by molar-refractivity contribution is -0.120. The van der Waals surface area contributed by atoms with Gasteiger partial charge in [-0.3, -0.25) is 4.79 Å². The molecule has 2 rings (SSSR count). The van der Waals surface area contributed by atoms with E-state index in [1.165, 1.54) is 4.31 Å². The highest BCUT2D eigenvalue weighted by Crippen LogP contribution is 2.19. The Morgan fingerprint density at radius 2 is 2.00 bits per heavy atom. The molecular weight excluding hydrogens is 278 g/mol. The number of carbonyl (C=O) groups excluding carboxylic acids is 1. The predicted molar refractivity (Wildman–Crippen MR) is 77.0 cm³/mol. The maximum atomic E-state index is 12.5. The van der Waals surface area contributed by atoms with Crippen molar-refractivity contribution in [3.8, 4) is 0 Å². The lowest BCUT2D eigenvalue weighted by Gasteiger charge is -2.19. The van der Waals surface area contributed by atoms with Crippen LogP contribution in [0.25, 0.3) is 0 Å². The summed E-state index contributed by atoms with van der Waals surface area (Å²) in [6, 6.07) is 6.59. The standard InChI is InChI=1S/C13H19N3O3S/c1-2-14-11-4-6-12(7-5-11)20(18,19)16-9-3-8-15-13(17)10-16/h4-7,14H,2-3,8-10H2,1H3,(H,15,17). The van der Waals surface area contributed by atoms with E-state index in [-0.39, 0.29) is 17.3 Å². The highest BCUT2D eigenvalue weighted by atomic mass is 32.2. The van der Waals surface area contributed by atoms with Crippen molar-refractivity contribution in [2.75, 3.05) is 31.5 Å². The van der Waals surface area contributed by atoms with Crippen LogP contribution < -0.4 is 10.6 Å². The first-order valence-electron chi connectivity index (χ1n) is 6.65. The highest BCUT2D eigenvalue weighted by Gasteiger charge is 2.27. The van der Waals surface area contributed by atoms with Crippen LogP contribution in [0.15, 0.2) is 29.2 Å². The number of carbonyl (C=O) groups is 1. The summed E-state index contributed by atoms with van der Waals surface area (Å²) in [6.07, 6.45) is 0.625. The fourth-order valence-electron chi connectivity index (χ4n) is 2.08. The zero-order valence-corrected chi connectivity index (χ0v) is 12.2. The molecule has 6 nitrogen and oxygen atoms in total. The molecule has 110 valence electrons. The third-order valence-corrected chi connectivity index (χ3v) is 4.96. The van der Waals surface area contributed by atoms with E-state index in [0.29, 0.717) is 19.5 Å². The van der Waals surface area contributed by atoms with E-state index >= 15 is 0 Å². The van der Waals surface area contributed by atoms with Crippen molar-refractivity contribution in [2.45, 2.75) is 18.2 Å². The number of benzene rings is 1. The molecule has 0 aliphatic carbocycles. The minimum atomic E-state index is -3.61. The van der Waals surface area contributed by atoms with Crippen molar-refractivity contribution in [1.82, 2.24) is 9.62 Å². The van der Waals surface area contributed by atoms with Gasteiger partial charge in [0.2, 0.25) is 15.9 Å². The van der Waals surface area contributed by atoms with Gasteiger partial charge in [0, 0.05) is 25.3 Å². The fourth-order valence-corrected chi connectivity index (χ4v) is 3.52. The number of hydrogen-bond donors (Lipinski definition) is 2. The van der Waals surface area contributed by atoms with Gasteiger partial charge in [-0.15, -0.1) is 0 Å². The number of sulfonamides is 1. The molecule has 1 aliphatic rings. The van der Waals surface area contributed by atoms with Crippen LogP contribution in [0.3, 0.4) is 0 Å². The lowest BCUT2D eigenvalue weighted by Crippen LogP contribution is -2.37. The first-order chi connectivity index (χ1) is 9.54. The van der Waals surface area contributed by atoms with Crippen molar-refractivity contribution in [3.05, 3.63) is 24.3 Å². The van der Waals surface area contributed by atoms with Crippen LogP contribution in [0.5, 0.6) is 0 Å². The Bertz CT molecular complexity index is 569. The lowest BCUT2D eigenvalue weighted by atomic mass is 10.3. The molecule has 0 aromatic heterocycles. The molecule has 0 spiro atoms. The second-order valence-corrected chi connectivity index (χ2v) is 6.53. The van der Waals surface area contributed by atoms with Gasteiger partial charge in [0.05, 0.1) is 11.4 Å². The van der Waals surface area contributed by atoms with Crippen molar-refractivity contribution in [2.24, 2.45) is 0 Å². The zero-order chi connectivity index (χ0) is 14.6. The van der Waals surface area contributed by atoms with Crippen LogP contribution in [0.4, 0.5) is 5.69 Å². The van der Waals surface area contributed by atoms with Crippen molar-refractivity contribution < 1.29 is 13.2 Å². The van der Waals surface area contributed by atoms with E-state index in [4.69, 9.17) is 0 Å². The minimum Gasteiger partial charge on any atom is -0.385 e. The average molecular weight is 297 g/mol. The molecule has 20 heavy (non-hydrogen) atoms. The molecule has 1 aromatic carbocycles. The maximum Gasteiger partial charge on any atom is 0.243 e. The number of nitrogens with zero attached hydrogens (tertiary/aromatic N) is 1. The molecule has 1 aliphatic heterocycles. The molecule has 1 heterocycles. The van der Waals surface area contributed by atoms with E-state index in [9.17, 15) is 13.2 Å². The van der Waals surface area contributed by atoms with E-state index in [1.807, 2.05) is 6.92 Å². The van der Waals surface area contributed by atoms with Gasteiger partial charge in [-0.25, -0.2) is 8.42 Å². The third kappa shape index (κ3) is 3.29. The second-order valence-electron chi connectivity index (χ2n) is 4.60. The largest absolute Gasteiger partial charge is 0.385 e. The van der Waals surface area contributed by atoms with Crippen molar-refractivity contribution in [3.63, 3.8) is 0 Å². The molecule has 1 aromatic rings. The summed E-state index contributed by atoms with van der Waals surface area (Å²) in [6.45, 7) is 3.51. The molecule has 0 atom stereocenters. The molecule has 2 N–H and O–H groups in total. The molecule has 7 heteroatoms. The summed E-state index contributed by atoms with van der Waals surface area (Å²) >= 11 is 0. The van der Waals surface area contributed by atoms with Gasteiger partial charge in [-0.1, -0.05) is 0 Å². The Morgan fingerprint density at radius 3 is 2.65 bits per heavy atom. The SMILES string of the molecule is CCNc1ccc(S(=O)(=O)N2CCCNC(=O)C2)cc1. The first-order valence-corrected chi connectivity index (χ1v) is 8.09. The number of anilines is 1. The smallest absolute Gasteiger partial charge is 0.243 e. The summed E-state index contributed by atoms with van der Waals surface area (Å²) in [5.41, 5.74) is 0.875. The molecule has 0 unspecified atom stereocenters. The van der Waals surface area contributed by atoms with E-state index in [1.54, 1.807) is 24.3 Å². The van der Waals surface area contributed by atoms with Gasteiger partial charge in [-0.05, 0) is 37.6 Å². The highest BCUT2D eigenvalue weighted by molar-refractivity contribution is 7.89. The minimum absolute atomic E-state index is 0.114. The summed E-state index contributed by atoms with van der Waals surface area (Å²) in [5, 5.41) is 5.78. The summed E-state index contributed by atoms with van der Waals surface area (Å²) < 4.78 is 26.2. The molecule has 1 amide bonds. The molecule has 1 saturated heterocycles. The summed E-state index contributed by atoms with van der Waals surface area (Å²) in [5.74, 6) is -0.254. The number of hydrogen-bond acceptors (Lipinski definition) is 4. The maximum absolute atomic E-state index is 12.5. The number of nitrogens with one attached hydrogen (secondary N) is 2. The van der Waals surface area contributed by atoms with Gasteiger partial charge in [-0.2, -0.15) is 4.31 Å². The summed E-state index contributed by atoms with van der Waals surface area (Å²) in [7, 11) is -3.61. The van der Waals surface area contributed by atoms with E-state index < -0.39 is 10.0 Å². The Morgan fingerprint density at radius 1 is 1.30 bits per heavy atom. The molecule has 0 bridgehead atoms. The summed E-state index contributed by atoms with van der Waals surface area (Å²) in [4.78, 5) is 11.7. The normalized spacial score (nSPS) is 17.4. The first kappa shape index (κ1) is 14.8. The molecule has 0 radical (unpaired) electrons. The average Bonchev–Trinajstić information content (AvgIpc) is 2.65. The Hall–Kier alpha value is -1.60. The van der Waals surface area contributed by atoms with Crippen molar-refractivity contribution in [1.29, 1.82) is 0 Å². The third-order valence-electron chi connectivity index (χ3n) is 3.10. The van der Waals surface area contributed by atoms with Gasteiger partial charge in [0.1, 0.15) is 0 Å². The van der Waals surface area contributed by atoms with Gasteiger partial charge < -0.3 is 10.6 Å². The van der Waals surface area contributed by atoms with Crippen LogP contribution in [0.2, 0.25) is 0 Å². The molecular formula is C13H19N3O3S. The van der Waals surface area contributed by atoms with Crippen LogP contribution in [-0.2, 0) is 14.8 Å². The Labute approximate surface area is 119 Å². The number of rotatable bonds is 4. The Balaban J connectivity index is 2.22. The van der Waals surface area contributed by atoms with Gasteiger partial charge in [0.25, 0.3) is 0 Å². The van der Waals surface area contributed by atoms with Crippen LogP contribution in [0.1, 0.15) is 13.3 Å². The van der Waals surface area contributed by atoms with E-state index in [0.717, 1.165) is 12.2 Å². The van der Waals surface area contributed by atoms with Gasteiger partial charge in [0.15, 0.2) is 0 Å². The van der Waals surface area contributed by atoms with Gasteiger partial charge >= 0.3 is 0 Å². The number of amides is 1. The quantitative estimate of drug-likeness (QED) is 0.854. The Kier molecular flexibility index (Phi) is 4.61. The zero-order valence-electron chi connectivity index (χ0n) is 11.4. The molecule has 0 saturated carbocycles. The van der Waals surface area contributed by atoms with Crippen LogP contribution in [-0.4, -0.2) is 44.8 Å². The fraction of sp³-hybridized carbons (Fsp3) is 0.462. The second kappa shape index (κ2) is 6.23. The topological polar surface area (TPSA) is 78.5 Å². The van der Waals surface area contributed by atoms with E-state index in [2.05, 4.69) is 10.6 Å². The van der Waals surface area contributed by atoms with Crippen LogP contribution in [0, 0.1) is 0 Å². The molecule has 1 fully saturated rings. The predicted octanol–water partition coefficient (Wildman–Crippen LogP) is 0.629. The van der Waals surface area contributed by atoms with Crippen LogP contribution >= 0.6 is 0 Å².